The summed E-state index contributed by atoms with van der Waals surface area (Å²) in [5.41, 5.74) is 14.5. The summed E-state index contributed by atoms with van der Waals surface area (Å²) in [6, 6.07) is 14.6. The molecule has 226 valence electrons. The van der Waals surface area contributed by atoms with Gasteiger partial charge in [0.2, 0.25) is 0 Å². The number of anilines is 1. The van der Waals surface area contributed by atoms with Crippen LogP contribution in [0.5, 0.6) is 0 Å². The van der Waals surface area contributed by atoms with Crippen LogP contribution < -0.4 is 5.73 Å². The first kappa shape index (κ1) is 29.6. The molecule has 1 aliphatic carbocycles. The molecule has 3 aromatic rings. The van der Waals surface area contributed by atoms with Crippen molar-refractivity contribution in [2.24, 2.45) is 16.3 Å². The quantitative estimate of drug-likeness (QED) is 0.334. The highest BCUT2D eigenvalue weighted by Gasteiger charge is 2.32. The van der Waals surface area contributed by atoms with Crippen molar-refractivity contribution in [1.82, 2.24) is 14.9 Å². The van der Waals surface area contributed by atoms with Gasteiger partial charge < -0.3 is 15.7 Å². The van der Waals surface area contributed by atoms with E-state index < -0.39 is 0 Å². The number of nitrogens with two attached hydrogens (primary N) is 1. The Bertz CT molecular complexity index is 1500. The van der Waals surface area contributed by atoms with Gasteiger partial charge in [-0.15, -0.1) is 0 Å². The number of hydrogen-bond donors (Lipinski definition) is 2. The van der Waals surface area contributed by atoms with Crippen molar-refractivity contribution in [1.29, 1.82) is 0 Å². The predicted molar refractivity (Wildman–Crippen MR) is 173 cm³/mol. The van der Waals surface area contributed by atoms with Gasteiger partial charge in [-0.3, -0.25) is 9.78 Å². The van der Waals surface area contributed by atoms with E-state index >= 15 is 0 Å². The first-order chi connectivity index (χ1) is 20.6. The first-order valence-electron chi connectivity index (χ1n) is 16.0. The third-order valence-electron chi connectivity index (χ3n) is 9.86. The Morgan fingerprint density at radius 2 is 1.81 bits per heavy atom. The molecule has 43 heavy (non-hydrogen) atoms. The second-order valence-electron chi connectivity index (χ2n) is 13.9. The van der Waals surface area contributed by atoms with Gasteiger partial charge in [0.15, 0.2) is 5.78 Å². The van der Waals surface area contributed by atoms with Gasteiger partial charge in [0.1, 0.15) is 5.82 Å². The molecule has 2 atom stereocenters. The van der Waals surface area contributed by atoms with E-state index in [-0.39, 0.29) is 23.2 Å². The SMILES string of the molecule is CC(C)(C)[C@H]1CCc2nc3c(cc2C1)N=C(C(=O)C[C@H](CCN1CCC(O)CC1)c1ccc(-c2ccnc(N)c2)cc1)C3. The summed E-state index contributed by atoms with van der Waals surface area (Å²) in [6.45, 7) is 9.69. The van der Waals surface area contributed by atoms with Crippen molar-refractivity contribution < 1.29 is 9.90 Å². The first-order valence-corrected chi connectivity index (χ1v) is 16.0. The highest BCUT2D eigenvalue weighted by Crippen LogP contribution is 2.39. The van der Waals surface area contributed by atoms with Crippen LogP contribution in [0.4, 0.5) is 11.5 Å². The second-order valence-corrected chi connectivity index (χ2v) is 13.9. The fourth-order valence-corrected chi connectivity index (χ4v) is 6.95. The number of aliphatic hydroxyl groups is 1. The Hall–Kier alpha value is -3.42. The number of fused-ring (bicyclic) bond motifs is 2. The molecule has 3 aliphatic rings. The number of benzene rings is 1. The van der Waals surface area contributed by atoms with Crippen LogP contribution in [0.1, 0.15) is 81.3 Å². The van der Waals surface area contributed by atoms with Gasteiger partial charge in [-0.2, -0.15) is 0 Å². The molecule has 2 aromatic heterocycles. The standard InChI is InChI=1S/C36H45N5O2/c1-36(2,3)28-8-9-30-27(18-28)19-31-32(39-30)22-33(40-31)34(43)20-26(11-15-41-16-12-29(42)13-17-41)24-6-4-23(5-7-24)25-10-14-38-35(37)21-25/h4-7,10,14,19,21,26,28-29,42H,8-9,11-13,15-18,20,22H2,1-3H3,(H2,37,38)/t26-,28-/m0/s1. The number of ketones is 1. The van der Waals surface area contributed by atoms with E-state index in [4.69, 9.17) is 15.7 Å². The van der Waals surface area contributed by atoms with Crippen LogP contribution in [0.2, 0.25) is 0 Å². The molecule has 0 bridgehead atoms. The minimum absolute atomic E-state index is 0.0797. The minimum Gasteiger partial charge on any atom is -0.393 e. The van der Waals surface area contributed by atoms with Crippen molar-refractivity contribution in [2.45, 2.75) is 84.2 Å². The van der Waals surface area contributed by atoms with Crippen LogP contribution in [0.25, 0.3) is 11.1 Å². The number of piperidine rings is 1. The number of rotatable bonds is 8. The van der Waals surface area contributed by atoms with Gasteiger partial charge in [0.25, 0.3) is 0 Å². The van der Waals surface area contributed by atoms with Crippen molar-refractivity contribution in [2.75, 3.05) is 25.4 Å². The van der Waals surface area contributed by atoms with Gasteiger partial charge in [0, 0.05) is 37.8 Å². The number of aliphatic imine (C=N–C) groups is 1. The summed E-state index contributed by atoms with van der Waals surface area (Å²) in [5.74, 6) is 1.33. The van der Waals surface area contributed by atoms with Crippen LogP contribution in [0, 0.1) is 11.3 Å². The van der Waals surface area contributed by atoms with Crippen LogP contribution in [0.15, 0.2) is 53.7 Å². The van der Waals surface area contributed by atoms with Gasteiger partial charge >= 0.3 is 0 Å². The Morgan fingerprint density at radius 3 is 2.53 bits per heavy atom. The maximum Gasteiger partial charge on any atom is 0.178 e. The molecule has 0 radical (unpaired) electrons. The predicted octanol–water partition coefficient (Wildman–Crippen LogP) is 6.10. The molecule has 0 spiro atoms. The fraction of sp³-hybridized carbons (Fsp3) is 0.500. The normalized spacial score (nSPS) is 19.9. The number of nitrogen functional groups attached to an aromatic ring is 1. The Morgan fingerprint density at radius 1 is 1.05 bits per heavy atom. The summed E-state index contributed by atoms with van der Waals surface area (Å²) in [7, 11) is 0. The second kappa shape index (κ2) is 12.3. The average Bonchev–Trinajstić information content (AvgIpc) is 3.41. The van der Waals surface area contributed by atoms with Gasteiger partial charge in [-0.25, -0.2) is 9.98 Å². The molecule has 1 fully saturated rings. The third-order valence-corrected chi connectivity index (χ3v) is 9.86. The number of carbonyl (C=O) groups is 1. The zero-order chi connectivity index (χ0) is 30.1. The molecule has 7 heteroatoms. The van der Waals surface area contributed by atoms with E-state index in [1.165, 1.54) is 17.7 Å². The Labute approximate surface area is 255 Å². The van der Waals surface area contributed by atoms with E-state index in [9.17, 15) is 9.90 Å². The maximum atomic E-state index is 13.8. The van der Waals surface area contributed by atoms with Gasteiger partial charge in [-0.1, -0.05) is 45.0 Å². The molecular weight excluding hydrogens is 534 g/mol. The van der Waals surface area contributed by atoms with Crippen molar-refractivity contribution in [3.8, 4) is 11.1 Å². The molecule has 1 aromatic carbocycles. The van der Waals surface area contributed by atoms with Crippen LogP contribution in [-0.4, -0.2) is 57.2 Å². The molecule has 7 nitrogen and oxygen atoms in total. The lowest BCUT2D eigenvalue weighted by Gasteiger charge is -2.34. The number of aromatic nitrogens is 2. The van der Waals surface area contributed by atoms with E-state index in [0.717, 1.165) is 79.8 Å². The molecule has 0 amide bonds. The Balaban J connectivity index is 1.18. The number of aliphatic hydroxyl groups excluding tert-OH is 1. The monoisotopic (exact) mass is 579 g/mol. The summed E-state index contributed by atoms with van der Waals surface area (Å²) < 4.78 is 0. The Kier molecular flexibility index (Phi) is 8.47. The topological polar surface area (TPSA) is 105 Å². The number of pyridine rings is 2. The molecule has 6 rings (SSSR count). The zero-order valence-electron chi connectivity index (χ0n) is 25.9. The minimum atomic E-state index is -0.191. The van der Waals surface area contributed by atoms with Crippen molar-refractivity contribution >= 4 is 23.0 Å². The highest BCUT2D eigenvalue weighted by molar-refractivity contribution is 6.41. The molecule has 3 N–H and O–H groups in total. The molecule has 2 aliphatic heterocycles. The number of carbonyl (C=O) groups excluding carboxylic acids is 1. The van der Waals surface area contributed by atoms with Crippen molar-refractivity contribution in [3.63, 3.8) is 0 Å². The van der Waals surface area contributed by atoms with E-state index in [2.05, 4.69) is 61.0 Å². The van der Waals surface area contributed by atoms with Crippen molar-refractivity contribution in [3.05, 3.63) is 71.2 Å². The third kappa shape index (κ3) is 6.89. The molecule has 0 unspecified atom stereocenters. The van der Waals surface area contributed by atoms with Crippen LogP contribution in [-0.2, 0) is 24.1 Å². The van der Waals surface area contributed by atoms with Gasteiger partial charge in [-0.05, 0) is 103 Å². The van der Waals surface area contributed by atoms with E-state index in [1.807, 2.05) is 12.1 Å². The average molecular weight is 580 g/mol. The van der Waals surface area contributed by atoms with E-state index in [0.29, 0.717) is 30.3 Å². The van der Waals surface area contributed by atoms with Gasteiger partial charge in [0.05, 0.1) is 23.2 Å². The molecular formula is C36H45N5O2. The fourth-order valence-electron chi connectivity index (χ4n) is 6.95. The van der Waals surface area contributed by atoms with E-state index in [1.54, 1.807) is 6.20 Å². The summed E-state index contributed by atoms with van der Waals surface area (Å²) in [4.78, 5) is 30.2. The summed E-state index contributed by atoms with van der Waals surface area (Å²) in [6.07, 6.45) is 8.21. The maximum absolute atomic E-state index is 13.8. The number of Topliss-reactive ketones (excluding diaryl/α,β-unsaturated/α-hetero) is 1. The molecule has 1 saturated heterocycles. The lowest BCUT2D eigenvalue weighted by molar-refractivity contribution is -0.113. The number of hydrogen-bond acceptors (Lipinski definition) is 7. The molecule has 0 saturated carbocycles. The summed E-state index contributed by atoms with van der Waals surface area (Å²) >= 11 is 0. The lowest BCUT2D eigenvalue weighted by atomic mass is 9.71. The summed E-state index contributed by atoms with van der Waals surface area (Å²) in [5, 5.41) is 9.95. The zero-order valence-corrected chi connectivity index (χ0v) is 25.9. The largest absolute Gasteiger partial charge is 0.393 e. The number of nitrogens with zero attached hydrogens (tertiary/aromatic N) is 4. The lowest BCUT2D eigenvalue weighted by Crippen LogP contribution is -2.37. The highest BCUT2D eigenvalue weighted by atomic mass is 16.3. The van der Waals surface area contributed by atoms with Crippen LogP contribution >= 0.6 is 0 Å². The smallest absolute Gasteiger partial charge is 0.178 e. The molecule has 4 heterocycles. The number of aryl methyl sites for hydroxylation is 1. The number of likely N-dealkylation sites (tertiary alicyclic amines) is 1. The van der Waals surface area contributed by atoms with Crippen LogP contribution in [0.3, 0.4) is 0 Å².